The maximum absolute atomic E-state index is 5.29. The van der Waals surface area contributed by atoms with Crippen molar-refractivity contribution >= 4 is 21.9 Å². The third-order valence-electron chi connectivity index (χ3n) is 3.57. The van der Waals surface area contributed by atoms with Gasteiger partial charge < -0.3 is 15.0 Å². The van der Waals surface area contributed by atoms with E-state index in [4.69, 9.17) is 9.73 Å². The minimum absolute atomic E-state index is 0.203. The molecular weight excluding hydrogens is 330 g/mol. The minimum atomic E-state index is 0.203. The van der Waals surface area contributed by atoms with Gasteiger partial charge in [-0.15, -0.1) is 0 Å². The molecule has 5 heteroatoms. The zero-order chi connectivity index (χ0) is 15.3. The lowest BCUT2D eigenvalue weighted by Crippen LogP contribution is -2.44. The Kier molecular flexibility index (Phi) is 5.65. The maximum Gasteiger partial charge on any atom is 0.193 e. The molecule has 0 amide bonds. The Morgan fingerprint density at radius 3 is 2.71 bits per heavy atom. The number of nitrogens with zero attached hydrogens (tertiary/aromatic N) is 2. The summed E-state index contributed by atoms with van der Waals surface area (Å²) < 4.78 is 6.42. The number of guanidine groups is 1. The predicted molar refractivity (Wildman–Crippen MR) is 90.5 cm³/mol. The van der Waals surface area contributed by atoms with Crippen LogP contribution in [-0.2, 0) is 11.3 Å². The van der Waals surface area contributed by atoms with E-state index in [1.165, 1.54) is 5.56 Å². The molecule has 116 valence electrons. The van der Waals surface area contributed by atoms with E-state index in [1.807, 2.05) is 6.07 Å². The van der Waals surface area contributed by atoms with Crippen LogP contribution in [0, 0.1) is 5.41 Å². The number of aliphatic imine (C=N–C) groups is 1. The molecule has 0 aliphatic carbocycles. The van der Waals surface area contributed by atoms with Crippen molar-refractivity contribution in [2.75, 3.05) is 33.4 Å². The second-order valence-electron chi connectivity index (χ2n) is 5.92. The smallest absolute Gasteiger partial charge is 0.193 e. The quantitative estimate of drug-likeness (QED) is 0.653. The van der Waals surface area contributed by atoms with Crippen molar-refractivity contribution in [2.45, 2.75) is 20.4 Å². The highest BCUT2D eigenvalue weighted by Gasteiger charge is 2.33. The standard InChI is InChI=1S/C16H24BrN3O/c1-4-18-15(19-10-16(2)11-21-12-16)20(3)9-13-7-5-6-8-14(13)17/h5-8H,4,9-12H2,1-3H3,(H,18,19). The van der Waals surface area contributed by atoms with E-state index in [0.29, 0.717) is 0 Å². The van der Waals surface area contributed by atoms with Crippen LogP contribution in [0.4, 0.5) is 0 Å². The topological polar surface area (TPSA) is 36.9 Å². The third-order valence-corrected chi connectivity index (χ3v) is 4.35. The molecular formula is C16H24BrN3O. The summed E-state index contributed by atoms with van der Waals surface area (Å²) in [6.07, 6.45) is 0. The molecule has 1 heterocycles. The zero-order valence-electron chi connectivity index (χ0n) is 13.0. The molecule has 2 rings (SSSR count). The van der Waals surface area contributed by atoms with E-state index >= 15 is 0 Å². The van der Waals surface area contributed by atoms with E-state index in [2.05, 4.69) is 65.2 Å². The first-order chi connectivity index (χ1) is 10.0. The van der Waals surface area contributed by atoms with Gasteiger partial charge >= 0.3 is 0 Å². The van der Waals surface area contributed by atoms with E-state index in [0.717, 1.165) is 43.3 Å². The molecule has 4 nitrogen and oxygen atoms in total. The van der Waals surface area contributed by atoms with Gasteiger partial charge in [-0.3, -0.25) is 4.99 Å². The average molecular weight is 354 g/mol. The van der Waals surface area contributed by atoms with Gasteiger partial charge in [0.1, 0.15) is 0 Å². The molecule has 0 spiro atoms. The second-order valence-corrected chi connectivity index (χ2v) is 6.78. The molecule has 1 aromatic carbocycles. The number of hydrogen-bond acceptors (Lipinski definition) is 2. The monoisotopic (exact) mass is 353 g/mol. The molecule has 0 bridgehead atoms. The van der Waals surface area contributed by atoms with Crippen LogP contribution in [0.2, 0.25) is 0 Å². The minimum Gasteiger partial charge on any atom is -0.380 e. The first kappa shape index (κ1) is 16.3. The van der Waals surface area contributed by atoms with Crippen LogP contribution in [0.3, 0.4) is 0 Å². The Morgan fingerprint density at radius 2 is 2.14 bits per heavy atom. The Morgan fingerprint density at radius 1 is 1.43 bits per heavy atom. The highest BCUT2D eigenvalue weighted by atomic mass is 79.9. The number of benzene rings is 1. The van der Waals surface area contributed by atoms with Gasteiger partial charge in [0.25, 0.3) is 0 Å². The summed E-state index contributed by atoms with van der Waals surface area (Å²) in [7, 11) is 2.07. The third kappa shape index (κ3) is 4.45. The number of halogens is 1. The van der Waals surface area contributed by atoms with Crippen molar-refractivity contribution < 1.29 is 4.74 Å². The fraction of sp³-hybridized carbons (Fsp3) is 0.562. The fourth-order valence-electron chi connectivity index (χ4n) is 2.23. The fourth-order valence-corrected chi connectivity index (χ4v) is 2.64. The van der Waals surface area contributed by atoms with E-state index in [-0.39, 0.29) is 5.41 Å². The summed E-state index contributed by atoms with van der Waals surface area (Å²) in [4.78, 5) is 6.93. The van der Waals surface area contributed by atoms with Gasteiger partial charge in [-0.25, -0.2) is 0 Å². The van der Waals surface area contributed by atoms with Gasteiger partial charge in [-0.05, 0) is 18.6 Å². The second kappa shape index (κ2) is 7.27. The molecule has 1 aromatic rings. The molecule has 1 aliphatic heterocycles. The zero-order valence-corrected chi connectivity index (χ0v) is 14.6. The highest BCUT2D eigenvalue weighted by Crippen LogP contribution is 2.26. The number of ether oxygens (including phenoxy) is 1. The van der Waals surface area contributed by atoms with Crippen molar-refractivity contribution in [2.24, 2.45) is 10.4 Å². The lowest BCUT2D eigenvalue weighted by Gasteiger charge is -2.37. The summed E-state index contributed by atoms with van der Waals surface area (Å²) in [5.74, 6) is 0.946. The average Bonchev–Trinajstić information content (AvgIpc) is 2.43. The molecule has 21 heavy (non-hydrogen) atoms. The van der Waals surface area contributed by atoms with Crippen LogP contribution in [0.15, 0.2) is 33.7 Å². The normalized spacial score (nSPS) is 17.2. The summed E-state index contributed by atoms with van der Waals surface area (Å²) in [5.41, 5.74) is 1.46. The largest absolute Gasteiger partial charge is 0.380 e. The van der Waals surface area contributed by atoms with Crippen LogP contribution in [0.25, 0.3) is 0 Å². The van der Waals surface area contributed by atoms with Crippen molar-refractivity contribution in [1.29, 1.82) is 0 Å². The van der Waals surface area contributed by atoms with Gasteiger partial charge in [0.05, 0.1) is 19.8 Å². The lowest BCUT2D eigenvalue weighted by molar-refractivity contribution is -0.0946. The molecule has 1 fully saturated rings. The summed E-state index contributed by atoms with van der Waals surface area (Å²) >= 11 is 3.60. The number of rotatable bonds is 5. The van der Waals surface area contributed by atoms with Crippen LogP contribution in [-0.4, -0.2) is 44.2 Å². The van der Waals surface area contributed by atoms with Gasteiger partial charge in [-0.2, -0.15) is 0 Å². The Hall–Kier alpha value is -1.07. The van der Waals surface area contributed by atoms with Crippen LogP contribution in [0.5, 0.6) is 0 Å². The van der Waals surface area contributed by atoms with E-state index < -0.39 is 0 Å². The number of hydrogen-bond donors (Lipinski definition) is 1. The Balaban J connectivity index is 2.02. The molecule has 0 saturated carbocycles. The number of nitrogens with one attached hydrogen (secondary N) is 1. The van der Waals surface area contributed by atoms with Crippen molar-refractivity contribution in [3.8, 4) is 0 Å². The highest BCUT2D eigenvalue weighted by molar-refractivity contribution is 9.10. The van der Waals surface area contributed by atoms with Crippen molar-refractivity contribution in [3.63, 3.8) is 0 Å². The maximum atomic E-state index is 5.29. The molecule has 0 aromatic heterocycles. The van der Waals surface area contributed by atoms with Gasteiger partial charge in [-0.1, -0.05) is 41.1 Å². The first-order valence-corrected chi connectivity index (χ1v) is 8.14. The Bertz CT molecular complexity index is 500. The summed E-state index contributed by atoms with van der Waals surface area (Å²) in [6, 6.07) is 8.29. The molecule has 1 aliphatic rings. The molecule has 0 radical (unpaired) electrons. The van der Waals surface area contributed by atoms with Gasteiger partial charge in [0.15, 0.2) is 5.96 Å². The van der Waals surface area contributed by atoms with Crippen LogP contribution < -0.4 is 5.32 Å². The molecule has 0 atom stereocenters. The van der Waals surface area contributed by atoms with Crippen LogP contribution >= 0.6 is 15.9 Å². The molecule has 1 N–H and O–H groups in total. The SMILES string of the molecule is CCNC(=NCC1(C)COC1)N(C)Cc1ccccc1Br. The summed E-state index contributed by atoms with van der Waals surface area (Å²) in [5, 5.41) is 3.36. The Labute approximate surface area is 135 Å². The first-order valence-electron chi connectivity index (χ1n) is 7.35. The van der Waals surface area contributed by atoms with E-state index in [9.17, 15) is 0 Å². The van der Waals surface area contributed by atoms with Gasteiger partial charge in [0, 0.05) is 30.0 Å². The van der Waals surface area contributed by atoms with Crippen LogP contribution in [0.1, 0.15) is 19.4 Å². The predicted octanol–water partition coefficient (Wildman–Crippen LogP) is 2.88. The molecule has 0 unspecified atom stereocenters. The van der Waals surface area contributed by atoms with Crippen molar-refractivity contribution in [3.05, 3.63) is 34.3 Å². The van der Waals surface area contributed by atoms with Crippen molar-refractivity contribution in [1.82, 2.24) is 10.2 Å². The summed E-state index contributed by atoms with van der Waals surface area (Å²) in [6.45, 7) is 8.42. The lowest BCUT2D eigenvalue weighted by atomic mass is 9.89. The van der Waals surface area contributed by atoms with E-state index in [1.54, 1.807) is 0 Å². The molecule has 1 saturated heterocycles. The van der Waals surface area contributed by atoms with Gasteiger partial charge in [0.2, 0.25) is 0 Å².